The van der Waals surface area contributed by atoms with Crippen molar-refractivity contribution < 1.29 is 5.11 Å². The molecule has 0 radical (unpaired) electrons. The molecule has 0 saturated heterocycles. The number of aromatic hydroxyl groups is 1. The first kappa shape index (κ1) is 14.0. The van der Waals surface area contributed by atoms with Crippen LogP contribution in [0.5, 0.6) is 5.75 Å². The molecule has 22 heavy (non-hydrogen) atoms. The van der Waals surface area contributed by atoms with Gasteiger partial charge < -0.3 is 5.11 Å². The Morgan fingerprint density at radius 2 is 2.09 bits per heavy atom. The minimum Gasteiger partial charge on any atom is -0.506 e. The highest BCUT2D eigenvalue weighted by Gasteiger charge is 2.20. The molecule has 0 aliphatic carbocycles. The van der Waals surface area contributed by atoms with Crippen LogP contribution in [0.25, 0.3) is 22.2 Å². The molecule has 3 rings (SSSR count). The molecule has 0 fully saturated rings. The fraction of sp³-hybridized carbons (Fsp3) is 0.176. The van der Waals surface area contributed by atoms with Gasteiger partial charge in [-0.1, -0.05) is 30.2 Å². The van der Waals surface area contributed by atoms with Gasteiger partial charge in [0.2, 0.25) is 0 Å². The Balaban J connectivity index is 2.50. The highest BCUT2D eigenvalue weighted by Crippen LogP contribution is 2.34. The summed E-state index contributed by atoms with van der Waals surface area (Å²) >= 11 is 0. The van der Waals surface area contributed by atoms with Gasteiger partial charge in [0.05, 0.1) is 23.7 Å². The van der Waals surface area contributed by atoms with Crippen LogP contribution >= 0.6 is 0 Å². The van der Waals surface area contributed by atoms with Crippen molar-refractivity contribution in [1.82, 2.24) is 14.3 Å². The van der Waals surface area contributed by atoms with E-state index in [1.807, 2.05) is 31.2 Å². The van der Waals surface area contributed by atoms with Crippen molar-refractivity contribution in [3.8, 4) is 29.2 Å². The summed E-state index contributed by atoms with van der Waals surface area (Å²) in [5.41, 5.74) is 2.06. The quantitative estimate of drug-likeness (QED) is 0.736. The highest BCUT2D eigenvalue weighted by molar-refractivity contribution is 5.90. The third kappa shape index (κ3) is 1.89. The zero-order valence-corrected chi connectivity index (χ0v) is 12.4. The van der Waals surface area contributed by atoms with Crippen LogP contribution in [-0.2, 0) is 13.6 Å². The van der Waals surface area contributed by atoms with Crippen LogP contribution in [0, 0.1) is 19.3 Å². The Bertz CT molecular complexity index is 974. The van der Waals surface area contributed by atoms with Crippen molar-refractivity contribution in [3.63, 3.8) is 0 Å². The molecule has 2 aromatic heterocycles. The van der Waals surface area contributed by atoms with Crippen molar-refractivity contribution in [2.24, 2.45) is 7.05 Å². The van der Waals surface area contributed by atoms with Crippen LogP contribution in [-0.4, -0.2) is 19.5 Å². The summed E-state index contributed by atoms with van der Waals surface area (Å²) in [6.45, 7) is 2.02. The molecule has 0 unspecified atom stereocenters. The van der Waals surface area contributed by atoms with Crippen molar-refractivity contribution in [2.45, 2.75) is 13.5 Å². The van der Waals surface area contributed by atoms with Gasteiger partial charge in [-0.3, -0.25) is 14.0 Å². The normalized spacial score (nSPS) is 10.8. The lowest BCUT2D eigenvalue weighted by molar-refractivity contribution is 0.481. The largest absolute Gasteiger partial charge is 0.506 e. The first-order chi connectivity index (χ1) is 10.6. The van der Waals surface area contributed by atoms with Gasteiger partial charge in [-0.15, -0.1) is 6.42 Å². The summed E-state index contributed by atoms with van der Waals surface area (Å²) in [5.74, 6) is 2.43. The molecule has 5 heteroatoms. The van der Waals surface area contributed by atoms with Crippen LogP contribution in [0.4, 0.5) is 0 Å². The van der Waals surface area contributed by atoms with Crippen LogP contribution in [0.1, 0.15) is 5.56 Å². The van der Waals surface area contributed by atoms with Crippen LogP contribution in [0.3, 0.4) is 0 Å². The summed E-state index contributed by atoms with van der Waals surface area (Å²) in [5, 5.41) is 15.2. The maximum absolute atomic E-state index is 12.9. The predicted octanol–water partition coefficient (Wildman–Crippen LogP) is 2.05. The Labute approximate surface area is 127 Å². The Morgan fingerprint density at radius 1 is 1.36 bits per heavy atom. The number of fused-ring (bicyclic) bond motifs is 1. The van der Waals surface area contributed by atoms with E-state index in [4.69, 9.17) is 6.42 Å². The van der Waals surface area contributed by atoms with Gasteiger partial charge in [-0.25, -0.2) is 0 Å². The fourth-order valence-electron chi connectivity index (χ4n) is 2.72. The lowest BCUT2D eigenvalue weighted by Gasteiger charge is -2.13. The summed E-state index contributed by atoms with van der Waals surface area (Å²) in [6.07, 6.45) is 6.93. The van der Waals surface area contributed by atoms with Gasteiger partial charge in [-0.05, 0) is 18.1 Å². The second-order valence-corrected chi connectivity index (χ2v) is 5.14. The van der Waals surface area contributed by atoms with Crippen molar-refractivity contribution >= 4 is 11.0 Å². The Hall–Kier alpha value is -3.00. The number of aromatic nitrogens is 3. The molecule has 1 aromatic carbocycles. The van der Waals surface area contributed by atoms with E-state index in [9.17, 15) is 9.90 Å². The smallest absolute Gasteiger partial charge is 0.264 e. The molecule has 0 aliphatic heterocycles. The van der Waals surface area contributed by atoms with E-state index in [0.29, 0.717) is 16.6 Å². The number of hydrogen-bond donors (Lipinski definition) is 1. The van der Waals surface area contributed by atoms with Gasteiger partial charge in [0.1, 0.15) is 11.4 Å². The van der Waals surface area contributed by atoms with Gasteiger partial charge in [0.15, 0.2) is 0 Å². The monoisotopic (exact) mass is 293 g/mol. The standard InChI is InChI=1S/C17H15N3O2/c1-4-9-20-16-13(10-18-19(16)3)15(21)14(17(20)22)12-8-6-5-7-11(12)2/h1,5-8,10,21H,9H2,2-3H3. The van der Waals surface area contributed by atoms with Crippen molar-refractivity contribution in [1.29, 1.82) is 0 Å². The maximum Gasteiger partial charge on any atom is 0.264 e. The molecule has 3 aromatic rings. The molecule has 0 spiro atoms. The molecule has 110 valence electrons. The molecule has 2 heterocycles. The summed E-state index contributed by atoms with van der Waals surface area (Å²) < 4.78 is 3.00. The average Bonchev–Trinajstić information content (AvgIpc) is 2.88. The number of nitrogens with zero attached hydrogens (tertiary/aromatic N) is 3. The van der Waals surface area contributed by atoms with E-state index in [1.54, 1.807) is 13.2 Å². The molecule has 0 bridgehead atoms. The average molecular weight is 293 g/mol. The first-order valence-electron chi connectivity index (χ1n) is 6.83. The molecule has 0 saturated carbocycles. The minimum absolute atomic E-state index is 0.0596. The first-order valence-corrected chi connectivity index (χ1v) is 6.83. The van der Waals surface area contributed by atoms with Crippen LogP contribution in [0.2, 0.25) is 0 Å². The number of aryl methyl sites for hydroxylation is 2. The van der Waals surface area contributed by atoms with E-state index in [-0.39, 0.29) is 23.4 Å². The van der Waals surface area contributed by atoms with Crippen LogP contribution in [0.15, 0.2) is 35.3 Å². The lowest BCUT2D eigenvalue weighted by Crippen LogP contribution is -2.23. The van der Waals surface area contributed by atoms with Crippen molar-refractivity contribution in [2.75, 3.05) is 0 Å². The van der Waals surface area contributed by atoms with E-state index >= 15 is 0 Å². The van der Waals surface area contributed by atoms with Gasteiger partial charge in [0.25, 0.3) is 5.56 Å². The number of benzene rings is 1. The van der Waals surface area contributed by atoms with E-state index in [1.165, 1.54) is 9.25 Å². The highest BCUT2D eigenvalue weighted by atomic mass is 16.3. The second-order valence-electron chi connectivity index (χ2n) is 5.14. The van der Waals surface area contributed by atoms with Crippen molar-refractivity contribution in [3.05, 3.63) is 46.4 Å². The van der Waals surface area contributed by atoms with Gasteiger partial charge in [0, 0.05) is 7.05 Å². The molecular formula is C17H15N3O2. The predicted molar refractivity (Wildman–Crippen MR) is 85.6 cm³/mol. The summed E-state index contributed by atoms with van der Waals surface area (Å²) in [4.78, 5) is 12.9. The van der Waals surface area contributed by atoms with E-state index in [2.05, 4.69) is 11.0 Å². The minimum atomic E-state index is -0.319. The molecule has 5 nitrogen and oxygen atoms in total. The number of pyridine rings is 1. The number of hydrogen-bond acceptors (Lipinski definition) is 3. The molecular weight excluding hydrogens is 278 g/mol. The fourth-order valence-corrected chi connectivity index (χ4v) is 2.72. The lowest BCUT2D eigenvalue weighted by atomic mass is 10.00. The second kappa shape index (κ2) is 5.08. The summed E-state index contributed by atoms with van der Waals surface area (Å²) in [6, 6.07) is 7.43. The Kier molecular flexibility index (Phi) is 3.22. The molecule has 0 aliphatic rings. The maximum atomic E-state index is 12.9. The summed E-state index contributed by atoms with van der Waals surface area (Å²) in [7, 11) is 1.71. The topological polar surface area (TPSA) is 60.1 Å². The SMILES string of the molecule is C#CCn1c(=O)c(-c2ccccc2C)c(O)c2cnn(C)c21. The third-order valence-corrected chi connectivity index (χ3v) is 3.78. The van der Waals surface area contributed by atoms with E-state index in [0.717, 1.165) is 5.56 Å². The number of rotatable bonds is 2. The van der Waals surface area contributed by atoms with Crippen LogP contribution < -0.4 is 5.56 Å². The Morgan fingerprint density at radius 3 is 2.77 bits per heavy atom. The molecule has 0 amide bonds. The molecule has 0 atom stereocenters. The number of terminal acetylenes is 1. The third-order valence-electron chi connectivity index (χ3n) is 3.78. The van der Waals surface area contributed by atoms with E-state index < -0.39 is 0 Å². The van der Waals surface area contributed by atoms with Gasteiger partial charge >= 0.3 is 0 Å². The molecule has 1 N–H and O–H groups in total. The van der Waals surface area contributed by atoms with Gasteiger partial charge in [-0.2, -0.15) is 5.10 Å². The zero-order chi connectivity index (χ0) is 15.9. The zero-order valence-electron chi connectivity index (χ0n) is 12.4.